The van der Waals surface area contributed by atoms with E-state index in [9.17, 15) is 9.90 Å². The van der Waals surface area contributed by atoms with Crippen LogP contribution >= 0.6 is 22.7 Å². The van der Waals surface area contributed by atoms with Crippen LogP contribution in [0.25, 0.3) is 0 Å². The lowest BCUT2D eigenvalue weighted by atomic mass is 10.00. The summed E-state index contributed by atoms with van der Waals surface area (Å²) in [5, 5.41) is 11.4. The van der Waals surface area contributed by atoms with Crippen molar-refractivity contribution in [2.45, 2.75) is 19.0 Å². The molecule has 0 spiro atoms. The van der Waals surface area contributed by atoms with Crippen LogP contribution in [0.3, 0.4) is 0 Å². The standard InChI is InChI=1S/C12H12N2O2S2/c15-12(16)11-9-2-4-17-10(9)1-3-14(11)6-8-5-13-7-18-8/h2,4-5,7,11H,1,3,6H2,(H,15,16). The van der Waals surface area contributed by atoms with Gasteiger partial charge in [0.1, 0.15) is 6.04 Å². The molecule has 0 amide bonds. The molecule has 0 aromatic carbocycles. The van der Waals surface area contributed by atoms with Crippen LogP contribution in [0.1, 0.15) is 21.4 Å². The van der Waals surface area contributed by atoms with E-state index in [0.717, 1.165) is 23.4 Å². The van der Waals surface area contributed by atoms with E-state index in [4.69, 9.17) is 0 Å². The first-order valence-electron chi connectivity index (χ1n) is 5.66. The van der Waals surface area contributed by atoms with Gasteiger partial charge in [0.25, 0.3) is 0 Å². The Morgan fingerprint density at radius 3 is 3.17 bits per heavy atom. The summed E-state index contributed by atoms with van der Waals surface area (Å²) in [6.07, 6.45) is 2.75. The van der Waals surface area contributed by atoms with Gasteiger partial charge in [0.2, 0.25) is 0 Å². The summed E-state index contributed by atoms with van der Waals surface area (Å²) in [5.41, 5.74) is 2.74. The second-order valence-electron chi connectivity index (χ2n) is 4.23. The molecule has 0 fully saturated rings. The number of aliphatic carboxylic acids is 1. The third-order valence-electron chi connectivity index (χ3n) is 3.14. The number of carbonyl (C=O) groups is 1. The van der Waals surface area contributed by atoms with Gasteiger partial charge in [-0.15, -0.1) is 22.7 Å². The van der Waals surface area contributed by atoms with Crippen molar-refractivity contribution in [2.24, 2.45) is 0 Å². The fourth-order valence-electron chi connectivity index (χ4n) is 2.35. The van der Waals surface area contributed by atoms with Gasteiger partial charge in [0.05, 0.1) is 5.51 Å². The first kappa shape index (κ1) is 11.8. The molecule has 3 heterocycles. The molecular formula is C12H12N2O2S2. The van der Waals surface area contributed by atoms with Crippen molar-refractivity contribution in [1.82, 2.24) is 9.88 Å². The quantitative estimate of drug-likeness (QED) is 0.938. The summed E-state index contributed by atoms with van der Waals surface area (Å²) < 4.78 is 0. The minimum atomic E-state index is -0.765. The number of fused-ring (bicyclic) bond motifs is 1. The molecule has 0 radical (unpaired) electrons. The van der Waals surface area contributed by atoms with E-state index in [2.05, 4.69) is 4.98 Å². The van der Waals surface area contributed by atoms with Crippen molar-refractivity contribution in [3.63, 3.8) is 0 Å². The molecule has 18 heavy (non-hydrogen) atoms. The normalized spacial score (nSPS) is 19.7. The van der Waals surface area contributed by atoms with Gasteiger partial charge in [-0.2, -0.15) is 0 Å². The molecule has 1 aliphatic heterocycles. The number of hydrogen-bond donors (Lipinski definition) is 1. The van der Waals surface area contributed by atoms with Crippen LogP contribution in [-0.2, 0) is 17.8 Å². The summed E-state index contributed by atoms with van der Waals surface area (Å²) in [6.45, 7) is 1.46. The van der Waals surface area contributed by atoms with Crippen molar-refractivity contribution in [2.75, 3.05) is 6.54 Å². The maximum atomic E-state index is 11.5. The molecule has 0 bridgehead atoms. The summed E-state index contributed by atoms with van der Waals surface area (Å²) in [6, 6.07) is 1.43. The van der Waals surface area contributed by atoms with Gasteiger partial charge in [-0.3, -0.25) is 14.7 Å². The molecule has 94 valence electrons. The van der Waals surface area contributed by atoms with E-state index in [1.165, 1.54) is 4.88 Å². The SMILES string of the molecule is O=C(O)C1c2ccsc2CCN1Cc1cncs1. The molecule has 3 rings (SSSR count). The summed E-state index contributed by atoms with van der Waals surface area (Å²) in [4.78, 5) is 19.9. The second-order valence-corrected chi connectivity index (χ2v) is 6.20. The maximum Gasteiger partial charge on any atom is 0.325 e. The van der Waals surface area contributed by atoms with E-state index in [1.807, 2.05) is 22.5 Å². The van der Waals surface area contributed by atoms with Crippen LogP contribution in [0.5, 0.6) is 0 Å². The molecule has 4 nitrogen and oxygen atoms in total. The van der Waals surface area contributed by atoms with Crippen molar-refractivity contribution < 1.29 is 9.90 Å². The number of rotatable bonds is 3. The van der Waals surface area contributed by atoms with Crippen LogP contribution in [-0.4, -0.2) is 27.5 Å². The van der Waals surface area contributed by atoms with Gasteiger partial charge in [-0.25, -0.2) is 0 Å². The first-order valence-corrected chi connectivity index (χ1v) is 7.42. The molecule has 2 aromatic heterocycles. The van der Waals surface area contributed by atoms with Crippen molar-refractivity contribution >= 4 is 28.6 Å². The van der Waals surface area contributed by atoms with E-state index < -0.39 is 12.0 Å². The predicted octanol–water partition coefficient (Wildman–Crippen LogP) is 2.39. The number of nitrogens with zero attached hydrogens (tertiary/aromatic N) is 2. The Morgan fingerprint density at radius 1 is 1.56 bits per heavy atom. The Bertz CT molecular complexity index is 550. The third-order valence-corrected chi connectivity index (χ3v) is 4.90. The Kier molecular flexibility index (Phi) is 3.15. The van der Waals surface area contributed by atoms with E-state index in [1.54, 1.807) is 28.2 Å². The van der Waals surface area contributed by atoms with E-state index in [-0.39, 0.29) is 0 Å². The second kappa shape index (κ2) is 4.79. The summed E-state index contributed by atoms with van der Waals surface area (Å²) in [5.74, 6) is -0.765. The minimum absolute atomic E-state index is 0.512. The minimum Gasteiger partial charge on any atom is -0.480 e. The van der Waals surface area contributed by atoms with Crippen LogP contribution < -0.4 is 0 Å². The number of thiazole rings is 1. The van der Waals surface area contributed by atoms with Gasteiger partial charge in [-0.1, -0.05) is 0 Å². The molecule has 1 aliphatic rings. The van der Waals surface area contributed by atoms with Crippen LogP contribution in [0.15, 0.2) is 23.2 Å². The Hall–Kier alpha value is -1.24. The molecule has 0 saturated heterocycles. The van der Waals surface area contributed by atoms with E-state index >= 15 is 0 Å². The number of carboxylic acids is 1. The topological polar surface area (TPSA) is 53.4 Å². The predicted molar refractivity (Wildman–Crippen MR) is 70.9 cm³/mol. The smallest absolute Gasteiger partial charge is 0.325 e. The number of aromatic nitrogens is 1. The fourth-order valence-corrected chi connectivity index (χ4v) is 3.87. The van der Waals surface area contributed by atoms with E-state index in [0.29, 0.717) is 6.54 Å². The molecule has 1 atom stereocenters. The van der Waals surface area contributed by atoms with Gasteiger partial charge in [-0.05, 0) is 23.4 Å². The average molecular weight is 280 g/mol. The Balaban J connectivity index is 1.89. The lowest BCUT2D eigenvalue weighted by Gasteiger charge is -2.32. The highest BCUT2D eigenvalue weighted by atomic mass is 32.1. The number of thiophene rings is 1. The zero-order chi connectivity index (χ0) is 12.5. The molecule has 1 unspecified atom stereocenters. The number of hydrogen-bond acceptors (Lipinski definition) is 5. The molecule has 2 aromatic rings. The largest absolute Gasteiger partial charge is 0.480 e. The van der Waals surface area contributed by atoms with Crippen molar-refractivity contribution in [1.29, 1.82) is 0 Å². The van der Waals surface area contributed by atoms with Gasteiger partial charge in [0.15, 0.2) is 0 Å². The number of carboxylic acid groups (broad SMARTS) is 1. The van der Waals surface area contributed by atoms with Crippen molar-refractivity contribution in [3.05, 3.63) is 38.5 Å². The highest BCUT2D eigenvalue weighted by Gasteiger charge is 2.33. The van der Waals surface area contributed by atoms with Gasteiger partial charge < -0.3 is 5.11 Å². The van der Waals surface area contributed by atoms with Crippen LogP contribution in [0, 0.1) is 0 Å². The highest BCUT2D eigenvalue weighted by molar-refractivity contribution is 7.10. The molecule has 0 aliphatic carbocycles. The fraction of sp³-hybridized carbons (Fsp3) is 0.333. The zero-order valence-corrected chi connectivity index (χ0v) is 11.2. The lowest BCUT2D eigenvalue weighted by molar-refractivity contribution is -0.144. The van der Waals surface area contributed by atoms with Crippen LogP contribution in [0.2, 0.25) is 0 Å². The maximum absolute atomic E-state index is 11.5. The highest BCUT2D eigenvalue weighted by Crippen LogP contribution is 2.34. The monoisotopic (exact) mass is 280 g/mol. The average Bonchev–Trinajstić information content (AvgIpc) is 2.98. The van der Waals surface area contributed by atoms with Crippen LogP contribution in [0.4, 0.5) is 0 Å². The third kappa shape index (κ3) is 2.07. The first-order chi connectivity index (χ1) is 8.75. The summed E-state index contributed by atoms with van der Waals surface area (Å²) >= 11 is 3.23. The summed E-state index contributed by atoms with van der Waals surface area (Å²) in [7, 11) is 0. The Labute approximate surface area is 113 Å². The lowest BCUT2D eigenvalue weighted by Crippen LogP contribution is -2.38. The zero-order valence-electron chi connectivity index (χ0n) is 9.57. The van der Waals surface area contributed by atoms with Gasteiger partial charge >= 0.3 is 5.97 Å². The molecular weight excluding hydrogens is 268 g/mol. The molecule has 1 N–H and O–H groups in total. The van der Waals surface area contributed by atoms with Gasteiger partial charge in [0, 0.05) is 29.0 Å². The van der Waals surface area contributed by atoms with Crippen molar-refractivity contribution in [3.8, 4) is 0 Å². The Morgan fingerprint density at radius 2 is 2.44 bits per heavy atom. The molecule has 0 saturated carbocycles. The molecule has 6 heteroatoms.